The summed E-state index contributed by atoms with van der Waals surface area (Å²) in [4.78, 5) is 23.0. The molecule has 6 nitrogen and oxygen atoms in total. The van der Waals surface area contributed by atoms with E-state index in [9.17, 15) is 4.79 Å². The van der Waals surface area contributed by atoms with Crippen LogP contribution in [0.1, 0.15) is 41.5 Å². The summed E-state index contributed by atoms with van der Waals surface area (Å²) >= 11 is 0. The molecule has 1 fully saturated rings. The van der Waals surface area contributed by atoms with Crippen LogP contribution in [0.25, 0.3) is 0 Å². The normalized spacial score (nSPS) is 18.2. The quantitative estimate of drug-likeness (QED) is 0.931. The van der Waals surface area contributed by atoms with Crippen molar-refractivity contribution in [1.29, 1.82) is 0 Å². The third-order valence-corrected chi connectivity index (χ3v) is 4.11. The Balaban J connectivity index is 1.78. The van der Waals surface area contributed by atoms with Crippen LogP contribution in [0.15, 0.2) is 18.6 Å². The van der Waals surface area contributed by atoms with Crippen molar-refractivity contribution in [3.63, 3.8) is 0 Å². The summed E-state index contributed by atoms with van der Waals surface area (Å²) < 4.78 is 0. The standard InChI is InChI=1S/C15H19N5O/c1-10-12(11(2)19-18-10)8-15(21)20-7-3-4-14(20)13-9-16-5-6-17-13/h5-6,9,14H,3-4,7-8H2,1-2H3,(H,18,19). The molecule has 1 atom stereocenters. The number of hydrogen-bond donors (Lipinski definition) is 1. The predicted octanol–water partition coefficient (Wildman–Crippen LogP) is 1.72. The molecule has 21 heavy (non-hydrogen) atoms. The van der Waals surface area contributed by atoms with Gasteiger partial charge >= 0.3 is 0 Å². The minimum absolute atomic E-state index is 0.0544. The number of rotatable bonds is 3. The van der Waals surface area contributed by atoms with Crippen molar-refractivity contribution in [2.45, 2.75) is 39.2 Å². The van der Waals surface area contributed by atoms with Crippen LogP contribution < -0.4 is 0 Å². The second-order valence-corrected chi connectivity index (χ2v) is 5.46. The fourth-order valence-electron chi connectivity index (χ4n) is 2.94. The maximum atomic E-state index is 12.6. The Labute approximate surface area is 123 Å². The number of amides is 1. The van der Waals surface area contributed by atoms with Crippen LogP contribution in [0.4, 0.5) is 0 Å². The van der Waals surface area contributed by atoms with Crippen LogP contribution in [0.5, 0.6) is 0 Å². The zero-order chi connectivity index (χ0) is 14.8. The third-order valence-electron chi connectivity index (χ3n) is 4.11. The van der Waals surface area contributed by atoms with Crippen LogP contribution in [0.3, 0.4) is 0 Å². The van der Waals surface area contributed by atoms with Gasteiger partial charge in [0.2, 0.25) is 5.91 Å². The number of hydrogen-bond acceptors (Lipinski definition) is 4. The van der Waals surface area contributed by atoms with Crippen LogP contribution >= 0.6 is 0 Å². The van der Waals surface area contributed by atoms with E-state index in [1.807, 2.05) is 18.7 Å². The van der Waals surface area contributed by atoms with Crippen LogP contribution in [-0.2, 0) is 11.2 Å². The van der Waals surface area contributed by atoms with Gasteiger partial charge in [0.15, 0.2) is 0 Å². The number of carbonyl (C=O) groups is 1. The lowest BCUT2D eigenvalue weighted by Crippen LogP contribution is -2.32. The minimum Gasteiger partial charge on any atom is -0.334 e. The Morgan fingerprint density at radius 2 is 2.29 bits per heavy atom. The van der Waals surface area contributed by atoms with Gasteiger partial charge in [0.05, 0.1) is 30.0 Å². The Bertz CT molecular complexity index is 617. The molecule has 6 heteroatoms. The SMILES string of the molecule is Cc1n[nH]c(C)c1CC(=O)N1CCCC1c1cnccn1. The number of likely N-dealkylation sites (tertiary alicyclic amines) is 1. The minimum atomic E-state index is 0.0544. The molecule has 2 aromatic heterocycles. The van der Waals surface area contributed by atoms with Gasteiger partial charge in [-0.1, -0.05) is 0 Å². The molecule has 3 heterocycles. The number of nitrogens with zero attached hydrogens (tertiary/aromatic N) is 4. The first-order valence-electron chi connectivity index (χ1n) is 7.22. The lowest BCUT2D eigenvalue weighted by molar-refractivity contribution is -0.131. The highest BCUT2D eigenvalue weighted by molar-refractivity contribution is 5.80. The van der Waals surface area contributed by atoms with Crippen molar-refractivity contribution in [1.82, 2.24) is 25.1 Å². The predicted molar refractivity (Wildman–Crippen MR) is 77.5 cm³/mol. The van der Waals surface area contributed by atoms with Crippen molar-refractivity contribution in [2.75, 3.05) is 6.54 Å². The molecule has 1 N–H and O–H groups in total. The maximum absolute atomic E-state index is 12.6. The highest BCUT2D eigenvalue weighted by atomic mass is 16.2. The zero-order valence-electron chi connectivity index (χ0n) is 12.3. The van der Waals surface area contributed by atoms with Gasteiger partial charge in [0.1, 0.15) is 0 Å². The number of nitrogens with one attached hydrogen (secondary N) is 1. The lowest BCUT2D eigenvalue weighted by Gasteiger charge is -2.24. The first kappa shape index (κ1) is 13.7. The number of aryl methyl sites for hydroxylation is 2. The molecule has 0 spiro atoms. The average molecular weight is 285 g/mol. The Hall–Kier alpha value is -2.24. The molecular weight excluding hydrogens is 266 g/mol. The Morgan fingerprint density at radius 3 is 2.95 bits per heavy atom. The molecule has 0 aromatic carbocycles. The van der Waals surface area contributed by atoms with Crippen LogP contribution in [-0.4, -0.2) is 37.5 Å². The topological polar surface area (TPSA) is 74.8 Å². The van der Waals surface area contributed by atoms with E-state index < -0.39 is 0 Å². The third kappa shape index (κ3) is 2.66. The van der Waals surface area contributed by atoms with Crippen molar-refractivity contribution < 1.29 is 4.79 Å². The van der Waals surface area contributed by atoms with E-state index in [1.54, 1.807) is 18.6 Å². The highest BCUT2D eigenvalue weighted by Gasteiger charge is 2.31. The van der Waals surface area contributed by atoms with Gasteiger partial charge < -0.3 is 4.90 Å². The summed E-state index contributed by atoms with van der Waals surface area (Å²) in [5.41, 5.74) is 3.75. The lowest BCUT2D eigenvalue weighted by atomic mass is 10.1. The number of carbonyl (C=O) groups excluding carboxylic acids is 1. The smallest absolute Gasteiger partial charge is 0.227 e. The maximum Gasteiger partial charge on any atom is 0.227 e. The molecule has 1 unspecified atom stereocenters. The van der Waals surface area contributed by atoms with Gasteiger partial charge in [-0.3, -0.25) is 19.9 Å². The Morgan fingerprint density at radius 1 is 1.43 bits per heavy atom. The molecule has 1 saturated heterocycles. The number of aromatic amines is 1. The Kier molecular flexibility index (Phi) is 3.68. The fraction of sp³-hybridized carbons (Fsp3) is 0.467. The van der Waals surface area contributed by atoms with Gasteiger partial charge in [0.25, 0.3) is 0 Å². The summed E-state index contributed by atoms with van der Waals surface area (Å²) in [5.74, 6) is 0.135. The summed E-state index contributed by atoms with van der Waals surface area (Å²) in [6.07, 6.45) is 7.45. The highest BCUT2D eigenvalue weighted by Crippen LogP contribution is 2.31. The summed E-state index contributed by atoms with van der Waals surface area (Å²) in [6, 6.07) is 0.0544. The van der Waals surface area contributed by atoms with Crippen molar-refractivity contribution in [3.05, 3.63) is 41.2 Å². The van der Waals surface area contributed by atoms with Gasteiger partial charge in [-0.15, -0.1) is 0 Å². The van der Waals surface area contributed by atoms with Gasteiger partial charge in [-0.2, -0.15) is 5.10 Å². The van der Waals surface area contributed by atoms with E-state index in [1.165, 1.54) is 0 Å². The molecule has 1 amide bonds. The summed E-state index contributed by atoms with van der Waals surface area (Å²) in [5, 5.41) is 7.09. The number of H-pyrrole nitrogens is 1. The number of aromatic nitrogens is 4. The van der Waals surface area contributed by atoms with E-state index in [4.69, 9.17) is 0 Å². The van der Waals surface area contributed by atoms with Gasteiger partial charge in [-0.25, -0.2) is 0 Å². The second-order valence-electron chi connectivity index (χ2n) is 5.46. The average Bonchev–Trinajstić information content (AvgIpc) is 3.10. The largest absolute Gasteiger partial charge is 0.334 e. The molecule has 0 radical (unpaired) electrons. The molecule has 2 aromatic rings. The summed E-state index contributed by atoms with van der Waals surface area (Å²) in [6.45, 7) is 4.67. The summed E-state index contributed by atoms with van der Waals surface area (Å²) in [7, 11) is 0. The molecule has 1 aliphatic heterocycles. The monoisotopic (exact) mass is 285 g/mol. The molecule has 0 saturated carbocycles. The van der Waals surface area contributed by atoms with E-state index >= 15 is 0 Å². The fourth-order valence-corrected chi connectivity index (χ4v) is 2.94. The van der Waals surface area contributed by atoms with Crippen LogP contribution in [0, 0.1) is 13.8 Å². The molecule has 3 rings (SSSR count). The van der Waals surface area contributed by atoms with E-state index in [0.717, 1.165) is 42.0 Å². The molecule has 0 bridgehead atoms. The second kappa shape index (κ2) is 5.63. The van der Waals surface area contributed by atoms with Gasteiger partial charge in [0, 0.05) is 30.2 Å². The van der Waals surface area contributed by atoms with E-state index in [2.05, 4.69) is 20.2 Å². The molecule has 110 valence electrons. The van der Waals surface area contributed by atoms with Crippen molar-refractivity contribution in [2.24, 2.45) is 0 Å². The van der Waals surface area contributed by atoms with E-state index in [-0.39, 0.29) is 11.9 Å². The van der Waals surface area contributed by atoms with E-state index in [0.29, 0.717) is 6.42 Å². The zero-order valence-corrected chi connectivity index (χ0v) is 12.3. The molecule has 1 aliphatic rings. The first-order chi connectivity index (χ1) is 10.2. The first-order valence-corrected chi connectivity index (χ1v) is 7.22. The molecular formula is C15H19N5O. The van der Waals surface area contributed by atoms with Crippen LogP contribution in [0.2, 0.25) is 0 Å². The molecule has 0 aliphatic carbocycles. The van der Waals surface area contributed by atoms with Crippen molar-refractivity contribution in [3.8, 4) is 0 Å². The van der Waals surface area contributed by atoms with Crippen molar-refractivity contribution >= 4 is 5.91 Å². The van der Waals surface area contributed by atoms with Gasteiger partial charge in [-0.05, 0) is 26.7 Å².